The maximum atomic E-state index is 12.5. The van der Waals surface area contributed by atoms with Crippen molar-refractivity contribution < 1.29 is 9.53 Å². The number of aromatic nitrogens is 2. The molecular weight excluding hydrogens is 364 g/mol. The Morgan fingerprint density at radius 2 is 1.74 bits per heavy atom. The van der Waals surface area contributed by atoms with Gasteiger partial charge in [0.05, 0.1) is 6.04 Å². The van der Waals surface area contributed by atoms with Gasteiger partial charge in [-0.25, -0.2) is 14.8 Å². The van der Waals surface area contributed by atoms with Crippen LogP contribution >= 0.6 is 11.6 Å². The molecule has 3 rings (SSSR count). The van der Waals surface area contributed by atoms with E-state index in [4.69, 9.17) is 16.3 Å². The Hall–Kier alpha value is -3.12. The molecule has 0 radical (unpaired) electrons. The lowest BCUT2D eigenvalue weighted by Crippen LogP contribution is -2.33. The lowest BCUT2D eigenvalue weighted by Gasteiger charge is -2.26. The molecular formula is C20H19ClN4O2. The molecule has 2 aromatic carbocycles. The number of urea groups is 1. The first kappa shape index (κ1) is 18.7. The first-order valence-electron chi connectivity index (χ1n) is 8.38. The summed E-state index contributed by atoms with van der Waals surface area (Å²) in [6.45, 7) is 1.93. The number of rotatable bonds is 5. The van der Waals surface area contributed by atoms with Gasteiger partial charge < -0.3 is 15.0 Å². The maximum absolute atomic E-state index is 12.5. The lowest BCUT2D eigenvalue weighted by atomic mass is 10.1. The monoisotopic (exact) mass is 382 g/mol. The summed E-state index contributed by atoms with van der Waals surface area (Å²) >= 11 is 6.23. The third kappa shape index (κ3) is 4.74. The van der Waals surface area contributed by atoms with Crippen molar-refractivity contribution in [3.8, 4) is 11.8 Å². The highest BCUT2D eigenvalue weighted by molar-refractivity contribution is 6.31. The molecule has 0 bridgehead atoms. The van der Waals surface area contributed by atoms with Gasteiger partial charge in [-0.05, 0) is 48.9 Å². The van der Waals surface area contributed by atoms with Crippen LogP contribution in [0, 0.1) is 0 Å². The van der Waals surface area contributed by atoms with Gasteiger partial charge in [-0.2, -0.15) is 0 Å². The van der Waals surface area contributed by atoms with Crippen LogP contribution in [-0.4, -0.2) is 27.9 Å². The standard InChI is InChI=1S/C20H19ClN4O2/c1-14(17-6-3-4-7-18(17)21)25(2)20(26)24-15-8-10-16(11-9-15)27-19-22-12-5-13-23-19/h3-14H,1-2H3,(H,24,26). The van der Waals surface area contributed by atoms with Crippen LogP contribution in [0.5, 0.6) is 11.8 Å². The Kier molecular flexibility index (Phi) is 5.88. The number of ether oxygens (including phenoxy) is 1. The molecule has 7 heteroatoms. The number of halogens is 1. The number of amides is 2. The van der Waals surface area contributed by atoms with Crippen LogP contribution in [0.3, 0.4) is 0 Å². The summed E-state index contributed by atoms with van der Waals surface area (Å²) in [5, 5.41) is 3.49. The molecule has 1 aromatic heterocycles. The number of nitrogens with one attached hydrogen (secondary N) is 1. The Balaban J connectivity index is 1.62. The second-order valence-corrected chi connectivity index (χ2v) is 6.30. The Morgan fingerprint density at radius 1 is 1.07 bits per heavy atom. The molecule has 2 amide bonds. The Morgan fingerprint density at radius 3 is 2.41 bits per heavy atom. The van der Waals surface area contributed by atoms with E-state index < -0.39 is 0 Å². The molecule has 0 aliphatic carbocycles. The van der Waals surface area contributed by atoms with Gasteiger partial charge in [-0.15, -0.1) is 0 Å². The first-order chi connectivity index (χ1) is 13.0. The average Bonchev–Trinajstić information content (AvgIpc) is 2.69. The summed E-state index contributed by atoms with van der Waals surface area (Å²) in [6.07, 6.45) is 3.21. The van der Waals surface area contributed by atoms with E-state index in [0.29, 0.717) is 16.5 Å². The SMILES string of the molecule is CC(c1ccccc1Cl)N(C)C(=O)Nc1ccc(Oc2ncccn2)cc1. The van der Waals surface area contributed by atoms with Crippen molar-refractivity contribution >= 4 is 23.3 Å². The zero-order chi connectivity index (χ0) is 19.2. The predicted molar refractivity (Wildman–Crippen MR) is 105 cm³/mol. The van der Waals surface area contributed by atoms with Crippen molar-refractivity contribution in [2.24, 2.45) is 0 Å². The van der Waals surface area contributed by atoms with Gasteiger partial charge in [-0.1, -0.05) is 29.8 Å². The van der Waals surface area contributed by atoms with Crippen LogP contribution in [-0.2, 0) is 0 Å². The van der Waals surface area contributed by atoms with E-state index in [2.05, 4.69) is 15.3 Å². The Labute approximate surface area is 162 Å². The van der Waals surface area contributed by atoms with Crippen molar-refractivity contribution in [3.63, 3.8) is 0 Å². The average molecular weight is 383 g/mol. The van der Waals surface area contributed by atoms with Gasteiger partial charge in [0, 0.05) is 30.2 Å². The fourth-order valence-corrected chi connectivity index (χ4v) is 2.75. The van der Waals surface area contributed by atoms with Crippen LogP contribution < -0.4 is 10.1 Å². The number of carbonyl (C=O) groups is 1. The summed E-state index contributed by atoms with van der Waals surface area (Å²) in [5.74, 6) is 0.581. The van der Waals surface area contributed by atoms with E-state index in [9.17, 15) is 4.79 Å². The summed E-state index contributed by atoms with van der Waals surface area (Å²) < 4.78 is 5.54. The van der Waals surface area contributed by atoms with Gasteiger partial charge in [0.1, 0.15) is 5.75 Å². The quantitative estimate of drug-likeness (QED) is 0.662. The molecule has 1 unspecified atom stereocenters. The van der Waals surface area contributed by atoms with E-state index in [1.165, 1.54) is 0 Å². The number of hydrogen-bond donors (Lipinski definition) is 1. The van der Waals surface area contributed by atoms with Crippen LogP contribution in [0.1, 0.15) is 18.5 Å². The molecule has 0 saturated carbocycles. The molecule has 0 aliphatic rings. The first-order valence-corrected chi connectivity index (χ1v) is 8.75. The summed E-state index contributed by atoms with van der Waals surface area (Å²) in [7, 11) is 1.73. The van der Waals surface area contributed by atoms with Crippen molar-refractivity contribution in [2.45, 2.75) is 13.0 Å². The van der Waals surface area contributed by atoms with E-state index in [-0.39, 0.29) is 18.1 Å². The lowest BCUT2D eigenvalue weighted by molar-refractivity contribution is 0.208. The minimum absolute atomic E-state index is 0.170. The van der Waals surface area contributed by atoms with E-state index in [1.807, 2.05) is 31.2 Å². The Bertz CT molecular complexity index is 903. The maximum Gasteiger partial charge on any atom is 0.322 e. The summed E-state index contributed by atoms with van der Waals surface area (Å²) in [5.41, 5.74) is 1.54. The molecule has 1 atom stereocenters. The fraction of sp³-hybridized carbons (Fsp3) is 0.150. The largest absolute Gasteiger partial charge is 0.424 e. The molecule has 0 saturated heterocycles. The summed E-state index contributed by atoms with van der Waals surface area (Å²) in [4.78, 5) is 22.1. The van der Waals surface area contributed by atoms with Gasteiger partial charge >= 0.3 is 12.0 Å². The smallest absolute Gasteiger partial charge is 0.322 e. The van der Waals surface area contributed by atoms with Crippen LogP contribution in [0.2, 0.25) is 5.02 Å². The minimum atomic E-state index is -0.234. The number of anilines is 1. The topological polar surface area (TPSA) is 67.4 Å². The molecule has 1 heterocycles. The highest BCUT2D eigenvalue weighted by Crippen LogP contribution is 2.27. The molecule has 0 spiro atoms. The van der Waals surface area contributed by atoms with Gasteiger partial charge in [0.25, 0.3) is 0 Å². The third-order valence-electron chi connectivity index (χ3n) is 4.11. The molecule has 27 heavy (non-hydrogen) atoms. The van der Waals surface area contributed by atoms with E-state index in [0.717, 1.165) is 5.56 Å². The fourth-order valence-electron chi connectivity index (χ4n) is 2.46. The zero-order valence-corrected chi connectivity index (χ0v) is 15.7. The second-order valence-electron chi connectivity index (χ2n) is 5.90. The zero-order valence-electron chi connectivity index (χ0n) is 15.0. The van der Waals surface area contributed by atoms with Crippen LogP contribution in [0.15, 0.2) is 67.0 Å². The number of benzene rings is 2. The van der Waals surface area contributed by atoms with Crippen molar-refractivity contribution in [1.29, 1.82) is 0 Å². The minimum Gasteiger partial charge on any atom is -0.424 e. The van der Waals surface area contributed by atoms with Crippen LogP contribution in [0.25, 0.3) is 0 Å². The molecule has 3 aromatic rings. The second kappa shape index (κ2) is 8.51. The molecule has 0 fully saturated rings. The molecule has 0 aliphatic heterocycles. The van der Waals surface area contributed by atoms with Crippen LogP contribution in [0.4, 0.5) is 10.5 Å². The van der Waals surface area contributed by atoms with Crippen molar-refractivity contribution in [1.82, 2.24) is 14.9 Å². The number of carbonyl (C=O) groups excluding carboxylic acids is 1. The predicted octanol–water partition coefficient (Wildman–Crippen LogP) is 5.15. The highest BCUT2D eigenvalue weighted by Gasteiger charge is 2.19. The normalized spacial score (nSPS) is 11.5. The van der Waals surface area contributed by atoms with E-state index >= 15 is 0 Å². The molecule has 1 N–H and O–H groups in total. The highest BCUT2D eigenvalue weighted by atomic mass is 35.5. The summed E-state index contributed by atoms with van der Waals surface area (Å²) in [6, 6.07) is 16.1. The van der Waals surface area contributed by atoms with Crippen molar-refractivity contribution in [3.05, 3.63) is 77.6 Å². The van der Waals surface area contributed by atoms with Gasteiger partial charge in [-0.3, -0.25) is 0 Å². The molecule has 6 nitrogen and oxygen atoms in total. The third-order valence-corrected chi connectivity index (χ3v) is 4.46. The number of hydrogen-bond acceptors (Lipinski definition) is 4. The van der Waals surface area contributed by atoms with Gasteiger partial charge in [0.15, 0.2) is 0 Å². The number of nitrogens with zero attached hydrogens (tertiary/aromatic N) is 3. The van der Waals surface area contributed by atoms with Crippen molar-refractivity contribution in [2.75, 3.05) is 12.4 Å². The van der Waals surface area contributed by atoms with E-state index in [1.54, 1.807) is 54.7 Å². The molecule has 138 valence electrons. The van der Waals surface area contributed by atoms with Gasteiger partial charge in [0.2, 0.25) is 0 Å².